The van der Waals surface area contributed by atoms with Crippen LogP contribution in [0.2, 0.25) is 0 Å². The fourth-order valence-electron chi connectivity index (χ4n) is 2.87. The van der Waals surface area contributed by atoms with Crippen molar-refractivity contribution in [2.24, 2.45) is 5.92 Å². The van der Waals surface area contributed by atoms with E-state index in [-0.39, 0.29) is 23.9 Å². The number of halogens is 1. The molecule has 1 saturated heterocycles. The van der Waals surface area contributed by atoms with Gasteiger partial charge < -0.3 is 15.3 Å². The SMILES string of the molecule is CC(C)N1CCC(C(=O)NCC(O)c2ccccc2F)CC1. The lowest BCUT2D eigenvalue weighted by Gasteiger charge is -2.34. The van der Waals surface area contributed by atoms with Crippen LogP contribution in [0.1, 0.15) is 38.4 Å². The Morgan fingerprint density at radius 3 is 2.59 bits per heavy atom. The first-order valence-electron chi connectivity index (χ1n) is 7.93. The molecular weight excluding hydrogens is 283 g/mol. The van der Waals surface area contributed by atoms with Crippen molar-refractivity contribution >= 4 is 5.91 Å². The second-order valence-electron chi connectivity index (χ2n) is 6.19. The molecule has 1 heterocycles. The molecule has 0 saturated carbocycles. The minimum absolute atomic E-state index is 0.0113. The summed E-state index contributed by atoms with van der Waals surface area (Å²) in [5.74, 6) is -0.504. The zero-order valence-electron chi connectivity index (χ0n) is 13.3. The summed E-state index contributed by atoms with van der Waals surface area (Å²) < 4.78 is 13.6. The molecule has 0 bridgehead atoms. The number of benzene rings is 1. The molecule has 1 aliphatic heterocycles. The van der Waals surface area contributed by atoms with E-state index in [2.05, 4.69) is 24.1 Å². The Morgan fingerprint density at radius 2 is 2.00 bits per heavy atom. The van der Waals surface area contributed by atoms with Crippen LogP contribution >= 0.6 is 0 Å². The van der Waals surface area contributed by atoms with E-state index < -0.39 is 11.9 Å². The summed E-state index contributed by atoms with van der Waals surface area (Å²) in [6.45, 7) is 6.21. The molecule has 0 aromatic heterocycles. The van der Waals surface area contributed by atoms with Gasteiger partial charge in [-0.2, -0.15) is 0 Å². The standard InChI is InChI=1S/C17H25FN2O2/c1-12(2)20-9-7-13(8-10-20)17(22)19-11-16(21)14-5-3-4-6-15(14)18/h3-6,12-13,16,21H,7-11H2,1-2H3,(H,19,22). The molecule has 0 aliphatic carbocycles. The van der Waals surface area contributed by atoms with E-state index >= 15 is 0 Å². The Kier molecular flexibility index (Phi) is 5.91. The lowest BCUT2D eigenvalue weighted by atomic mass is 9.95. The van der Waals surface area contributed by atoms with E-state index in [0.717, 1.165) is 25.9 Å². The number of aliphatic hydroxyl groups is 1. The number of hydrogen-bond donors (Lipinski definition) is 2. The summed E-state index contributed by atoms with van der Waals surface area (Å²) >= 11 is 0. The molecule has 4 nitrogen and oxygen atoms in total. The van der Waals surface area contributed by atoms with Crippen LogP contribution in [0.5, 0.6) is 0 Å². The maximum absolute atomic E-state index is 13.6. The van der Waals surface area contributed by atoms with E-state index in [9.17, 15) is 14.3 Å². The summed E-state index contributed by atoms with van der Waals surface area (Å²) in [5.41, 5.74) is 0.220. The van der Waals surface area contributed by atoms with Crippen molar-refractivity contribution in [2.45, 2.75) is 38.8 Å². The van der Waals surface area contributed by atoms with Crippen molar-refractivity contribution in [1.29, 1.82) is 0 Å². The van der Waals surface area contributed by atoms with E-state index in [0.29, 0.717) is 6.04 Å². The highest BCUT2D eigenvalue weighted by Crippen LogP contribution is 2.20. The molecule has 2 rings (SSSR count). The Hall–Kier alpha value is -1.46. The highest BCUT2D eigenvalue weighted by Gasteiger charge is 2.26. The number of piperidine rings is 1. The maximum Gasteiger partial charge on any atom is 0.223 e. The van der Waals surface area contributed by atoms with Crippen molar-refractivity contribution in [3.8, 4) is 0 Å². The minimum atomic E-state index is -1.01. The first kappa shape index (κ1) is 16.9. The molecule has 0 radical (unpaired) electrons. The van der Waals surface area contributed by atoms with Gasteiger partial charge in [-0.3, -0.25) is 4.79 Å². The van der Waals surface area contributed by atoms with E-state index in [1.807, 2.05) is 0 Å². The normalized spacial score (nSPS) is 18.4. The highest BCUT2D eigenvalue weighted by atomic mass is 19.1. The molecule has 1 aliphatic rings. The minimum Gasteiger partial charge on any atom is -0.386 e. The molecular formula is C17H25FN2O2. The number of rotatable bonds is 5. The molecule has 1 amide bonds. The van der Waals surface area contributed by atoms with Gasteiger partial charge in [0.15, 0.2) is 0 Å². The zero-order chi connectivity index (χ0) is 16.1. The van der Waals surface area contributed by atoms with Gasteiger partial charge in [0.05, 0.1) is 6.10 Å². The zero-order valence-corrected chi connectivity index (χ0v) is 13.3. The van der Waals surface area contributed by atoms with Crippen molar-refractivity contribution in [1.82, 2.24) is 10.2 Å². The third-order valence-electron chi connectivity index (χ3n) is 4.36. The van der Waals surface area contributed by atoms with Crippen molar-refractivity contribution < 1.29 is 14.3 Å². The number of nitrogens with zero attached hydrogens (tertiary/aromatic N) is 1. The Labute approximate surface area is 131 Å². The summed E-state index contributed by atoms with van der Waals surface area (Å²) in [4.78, 5) is 14.5. The van der Waals surface area contributed by atoms with Crippen LogP contribution in [0.25, 0.3) is 0 Å². The van der Waals surface area contributed by atoms with Gasteiger partial charge in [0.1, 0.15) is 5.82 Å². The molecule has 1 atom stereocenters. The molecule has 22 heavy (non-hydrogen) atoms. The molecule has 1 aromatic rings. The topological polar surface area (TPSA) is 52.6 Å². The van der Waals surface area contributed by atoms with E-state index in [4.69, 9.17) is 0 Å². The van der Waals surface area contributed by atoms with Gasteiger partial charge in [-0.05, 0) is 45.8 Å². The van der Waals surface area contributed by atoms with Gasteiger partial charge in [-0.15, -0.1) is 0 Å². The maximum atomic E-state index is 13.6. The summed E-state index contributed by atoms with van der Waals surface area (Å²) in [6, 6.07) is 6.60. The largest absolute Gasteiger partial charge is 0.386 e. The predicted molar refractivity (Wildman–Crippen MR) is 83.8 cm³/mol. The Bertz CT molecular complexity index is 499. The number of amides is 1. The third kappa shape index (κ3) is 4.27. The second-order valence-corrected chi connectivity index (χ2v) is 6.19. The van der Waals surface area contributed by atoms with Crippen molar-refractivity contribution in [3.63, 3.8) is 0 Å². The van der Waals surface area contributed by atoms with Gasteiger partial charge in [0, 0.05) is 24.1 Å². The predicted octanol–water partition coefficient (Wildman–Crippen LogP) is 2.10. The van der Waals surface area contributed by atoms with Crippen molar-refractivity contribution in [3.05, 3.63) is 35.6 Å². The summed E-state index contributed by atoms with van der Waals surface area (Å²) in [6.07, 6.45) is 0.653. The lowest BCUT2D eigenvalue weighted by Crippen LogP contribution is -2.43. The Morgan fingerprint density at radius 1 is 1.36 bits per heavy atom. The first-order valence-corrected chi connectivity index (χ1v) is 7.93. The van der Waals surface area contributed by atoms with Crippen LogP contribution in [0, 0.1) is 11.7 Å². The molecule has 0 spiro atoms. The van der Waals surface area contributed by atoms with Crippen LogP contribution in [0.3, 0.4) is 0 Å². The number of likely N-dealkylation sites (tertiary alicyclic amines) is 1. The quantitative estimate of drug-likeness (QED) is 0.876. The second kappa shape index (κ2) is 7.70. The molecule has 2 N–H and O–H groups in total. The van der Waals surface area contributed by atoms with Gasteiger partial charge in [0.25, 0.3) is 0 Å². The van der Waals surface area contributed by atoms with Gasteiger partial charge in [-0.25, -0.2) is 4.39 Å². The highest BCUT2D eigenvalue weighted by molar-refractivity contribution is 5.78. The molecule has 1 unspecified atom stereocenters. The first-order chi connectivity index (χ1) is 10.5. The fourth-order valence-corrected chi connectivity index (χ4v) is 2.87. The van der Waals surface area contributed by atoms with Crippen LogP contribution in [-0.4, -0.2) is 41.6 Å². The average Bonchev–Trinajstić information content (AvgIpc) is 2.52. The molecule has 1 fully saturated rings. The van der Waals surface area contributed by atoms with E-state index in [1.165, 1.54) is 12.1 Å². The molecule has 122 valence electrons. The average molecular weight is 308 g/mol. The van der Waals surface area contributed by atoms with Crippen LogP contribution in [0.15, 0.2) is 24.3 Å². The van der Waals surface area contributed by atoms with Gasteiger partial charge in [0.2, 0.25) is 5.91 Å². The smallest absolute Gasteiger partial charge is 0.223 e. The molecule has 1 aromatic carbocycles. The number of hydrogen-bond acceptors (Lipinski definition) is 3. The number of carbonyl (C=O) groups is 1. The van der Waals surface area contributed by atoms with Gasteiger partial charge in [-0.1, -0.05) is 18.2 Å². The monoisotopic (exact) mass is 308 g/mol. The summed E-state index contributed by atoms with van der Waals surface area (Å²) in [5, 5.41) is 12.7. The van der Waals surface area contributed by atoms with E-state index in [1.54, 1.807) is 12.1 Å². The van der Waals surface area contributed by atoms with Crippen molar-refractivity contribution in [2.75, 3.05) is 19.6 Å². The number of carbonyl (C=O) groups excluding carboxylic acids is 1. The molecule has 5 heteroatoms. The van der Waals surface area contributed by atoms with Crippen LogP contribution in [-0.2, 0) is 4.79 Å². The summed E-state index contributed by atoms with van der Waals surface area (Å²) in [7, 11) is 0. The van der Waals surface area contributed by atoms with Crippen LogP contribution < -0.4 is 5.32 Å². The third-order valence-corrected chi connectivity index (χ3v) is 4.36. The number of nitrogens with one attached hydrogen (secondary N) is 1. The lowest BCUT2D eigenvalue weighted by molar-refractivity contribution is -0.127. The van der Waals surface area contributed by atoms with Crippen LogP contribution in [0.4, 0.5) is 4.39 Å². The fraction of sp³-hybridized carbons (Fsp3) is 0.588. The number of aliphatic hydroxyl groups excluding tert-OH is 1. The van der Waals surface area contributed by atoms with Gasteiger partial charge >= 0.3 is 0 Å². The Balaban J connectivity index is 1.80.